The van der Waals surface area contributed by atoms with Crippen LogP contribution in [0.15, 0.2) is 77.7 Å². The predicted molar refractivity (Wildman–Crippen MR) is 137 cm³/mol. The molecular weight excluding hydrogens is 527 g/mol. The third kappa shape index (κ3) is 5.57. The van der Waals surface area contributed by atoms with Gasteiger partial charge in [-0.1, -0.05) is 48.0 Å². The Kier molecular flexibility index (Phi) is 7.21. The van der Waals surface area contributed by atoms with E-state index in [2.05, 4.69) is 4.72 Å². The van der Waals surface area contributed by atoms with Gasteiger partial charge in [0.05, 0.1) is 24.0 Å². The molecule has 0 atom stereocenters. The van der Waals surface area contributed by atoms with Crippen molar-refractivity contribution in [3.63, 3.8) is 0 Å². The first-order valence-electron chi connectivity index (χ1n) is 11.0. The average molecular weight is 548 g/mol. The molecule has 0 heterocycles. The second-order valence-electron chi connectivity index (χ2n) is 8.33. The summed E-state index contributed by atoms with van der Waals surface area (Å²) in [6.45, 7) is 1.86. The summed E-state index contributed by atoms with van der Waals surface area (Å²) in [5.74, 6) is -0.397. The monoisotopic (exact) mass is 547 g/mol. The van der Waals surface area contributed by atoms with Gasteiger partial charge in [0.1, 0.15) is 0 Å². The first kappa shape index (κ1) is 26.5. The van der Waals surface area contributed by atoms with Crippen molar-refractivity contribution in [2.45, 2.75) is 24.4 Å². The van der Waals surface area contributed by atoms with Crippen LogP contribution >= 0.6 is 11.6 Å². The Labute approximate surface area is 216 Å². The lowest BCUT2D eigenvalue weighted by Gasteiger charge is -2.17. The molecule has 0 aliphatic rings. The van der Waals surface area contributed by atoms with Gasteiger partial charge in [-0.25, -0.2) is 8.42 Å². The number of esters is 1. The van der Waals surface area contributed by atoms with E-state index in [1.54, 1.807) is 24.3 Å². The molecule has 4 aromatic carbocycles. The fraction of sp³-hybridized carbons (Fsp3) is 0.148. The summed E-state index contributed by atoms with van der Waals surface area (Å²) in [7, 11) is -3.20. The maximum Gasteiger partial charge on any atom is 0.417 e. The third-order valence-corrected chi connectivity index (χ3v) is 7.62. The zero-order chi connectivity index (χ0) is 27.0. The lowest BCUT2D eigenvalue weighted by atomic mass is 9.89. The number of nitrogens with one attached hydrogen (secondary N) is 1. The van der Waals surface area contributed by atoms with Gasteiger partial charge in [-0.05, 0) is 76.3 Å². The molecule has 0 bridgehead atoms. The van der Waals surface area contributed by atoms with Crippen LogP contribution in [0, 0.1) is 6.92 Å². The zero-order valence-corrected chi connectivity index (χ0v) is 21.3. The lowest BCUT2D eigenvalue weighted by Crippen LogP contribution is -2.18. The highest BCUT2D eigenvalue weighted by Crippen LogP contribution is 2.37. The SMILES string of the molecule is COC(=O)Cc1cc2ccc(Cl)cc2c(-c2ccc(NS(=O)(=O)c3ccccc3C(F)(F)F)cc2)c1C. The first-order chi connectivity index (χ1) is 17.4. The number of methoxy groups -OCH3 is 1. The standard InChI is InChI=1S/C27H21ClF3NO4S/c1-16-19(14-25(33)36-2)13-18-7-10-20(28)15-22(18)26(16)17-8-11-21(12-9-17)32-37(34,35)24-6-4-3-5-23(24)27(29,30)31/h3-13,15,32H,14H2,1-2H3. The quantitative estimate of drug-likeness (QED) is 0.264. The van der Waals surface area contributed by atoms with Crippen LogP contribution in [0.4, 0.5) is 18.9 Å². The number of fused-ring (bicyclic) bond motifs is 1. The van der Waals surface area contributed by atoms with Crippen molar-refractivity contribution in [1.29, 1.82) is 0 Å². The molecule has 5 nitrogen and oxygen atoms in total. The summed E-state index contributed by atoms with van der Waals surface area (Å²) in [5.41, 5.74) is 1.90. The Morgan fingerprint density at radius 3 is 2.32 bits per heavy atom. The number of rotatable bonds is 6. The minimum atomic E-state index is -4.83. The van der Waals surface area contributed by atoms with Crippen LogP contribution in [0.5, 0.6) is 0 Å². The van der Waals surface area contributed by atoms with Gasteiger partial charge in [0.15, 0.2) is 0 Å². The van der Waals surface area contributed by atoms with Crippen molar-refractivity contribution in [3.8, 4) is 11.1 Å². The van der Waals surface area contributed by atoms with E-state index in [0.717, 1.165) is 45.7 Å². The molecule has 192 valence electrons. The van der Waals surface area contributed by atoms with E-state index in [9.17, 15) is 26.4 Å². The molecule has 0 aromatic heterocycles. The van der Waals surface area contributed by atoms with E-state index in [0.29, 0.717) is 10.6 Å². The van der Waals surface area contributed by atoms with Crippen LogP contribution in [0.1, 0.15) is 16.7 Å². The molecule has 0 fully saturated rings. The molecule has 4 aromatic rings. The minimum absolute atomic E-state index is 0.0599. The Balaban J connectivity index is 1.75. The summed E-state index contributed by atoms with van der Waals surface area (Å²) in [6.07, 6.45) is -4.77. The molecule has 0 unspecified atom stereocenters. The molecule has 0 radical (unpaired) electrons. The highest BCUT2D eigenvalue weighted by atomic mass is 35.5. The molecule has 0 spiro atoms. The van der Waals surface area contributed by atoms with Crippen LogP contribution in [0.3, 0.4) is 0 Å². The Hall–Kier alpha value is -3.56. The van der Waals surface area contributed by atoms with Gasteiger partial charge in [0.25, 0.3) is 10.0 Å². The van der Waals surface area contributed by atoms with Gasteiger partial charge in [0.2, 0.25) is 0 Å². The summed E-state index contributed by atoms with van der Waals surface area (Å²) in [6, 6.07) is 17.5. The van der Waals surface area contributed by atoms with E-state index < -0.39 is 32.6 Å². The number of hydrogen-bond acceptors (Lipinski definition) is 4. The van der Waals surface area contributed by atoms with Crippen molar-refractivity contribution < 1.29 is 31.1 Å². The second-order valence-corrected chi connectivity index (χ2v) is 10.4. The van der Waals surface area contributed by atoms with Crippen molar-refractivity contribution >= 4 is 44.1 Å². The highest BCUT2D eigenvalue weighted by Gasteiger charge is 2.36. The van der Waals surface area contributed by atoms with Crippen LogP contribution < -0.4 is 4.72 Å². The van der Waals surface area contributed by atoms with Crippen LogP contribution in [-0.4, -0.2) is 21.5 Å². The van der Waals surface area contributed by atoms with E-state index in [-0.39, 0.29) is 12.1 Å². The number of carbonyl (C=O) groups excluding carboxylic acids is 1. The molecule has 0 aliphatic heterocycles. The highest BCUT2D eigenvalue weighted by molar-refractivity contribution is 7.92. The molecule has 37 heavy (non-hydrogen) atoms. The number of ether oxygens (including phenoxy) is 1. The minimum Gasteiger partial charge on any atom is -0.469 e. The lowest BCUT2D eigenvalue weighted by molar-refractivity contribution is -0.140. The van der Waals surface area contributed by atoms with Gasteiger partial charge in [-0.15, -0.1) is 0 Å². The predicted octanol–water partition coefficient (Wildman–Crippen LogP) is 7.00. The summed E-state index contributed by atoms with van der Waals surface area (Å²) >= 11 is 6.25. The average Bonchev–Trinajstić information content (AvgIpc) is 2.85. The molecule has 0 saturated carbocycles. The van der Waals surface area contributed by atoms with Crippen molar-refractivity contribution in [2.24, 2.45) is 0 Å². The Bertz CT molecular complexity index is 1600. The summed E-state index contributed by atoms with van der Waals surface area (Å²) in [5, 5.41) is 2.19. The second kappa shape index (κ2) is 10.1. The summed E-state index contributed by atoms with van der Waals surface area (Å²) in [4.78, 5) is 11.1. The zero-order valence-electron chi connectivity index (χ0n) is 19.7. The summed E-state index contributed by atoms with van der Waals surface area (Å²) < 4.78 is 72.7. The van der Waals surface area contributed by atoms with E-state index in [1.807, 2.05) is 19.1 Å². The number of benzene rings is 4. The van der Waals surface area contributed by atoms with Crippen LogP contribution in [-0.2, 0) is 32.2 Å². The molecule has 1 N–H and O–H groups in total. The first-order valence-corrected chi connectivity index (χ1v) is 12.8. The molecule has 0 aliphatic carbocycles. The number of anilines is 1. The maximum atomic E-state index is 13.4. The normalized spacial score (nSPS) is 11.9. The van der Waals surface area contributed by atoms with Gasteiger partial charge in [0, 0.05) is 10.7 Å². The van der Waals surface area contributed by atoms with Crippen molar-refractivity contribution in [1.82, 2.24) is 0 Å². The molecular formula is C27H21ClF3NO4S. The molecule has 0 saturated heterocycles. The smallest absolute Gasteiger partial charge is 0.417 e. The van der Waals surface area contributed by atoms with Gasteiger partial charge < -0.3 is 4.74 Å². The Morgan fingerprint density at radius 1 is 1.00 bits per heavy atom. The van der Waals surface area contributed by atoms with E-state index >= 15 is 0 Å². The van der Waals surface area contributed by atoms with Crippen LogP contribution in [0.2, 0.25) is 5.02 Å². The number of sulfonamides is 1. The largest absolute Gasteiger partial charge is 0.469 e. The third-order valence-electron chi connectivity index (χ3n) is 5.94. The van der Waals surface area contributed by atoms with E-state index in [4.69, 9.17) is 16.3 Å². The number of hydrogen-bond donors (Lipinski definition) is 1. The molecule has 10 heteroatoms. The van der Waals surface area contributed by atoms with Gasteiger partial charge in [-0.3, -0.25) is 9.52 Å². The Morgan fingerprint density at radius 2 is 1.68 bits per heavy atom. The maximum absolute atomic E-state index is 13.4. The van der Waals surface area contributed by atoms with Crippen molar-refractivity contribution in [2.75, 3.05) is 11.8 Å². The fourth-order valence-electron chi connectivity index (χ4n) is 4.16. The van der Waals surface area contributed by atoms with Gasteiger partial charge >= 0.3 is 12.1 Å². The molecule has 0 amide bonds. The molecule has 4 rings (SSSR count). The van der Waals surface area contributed by atoms with Gasteiger partial charge in [-0.2, -0.15) is 13.2 Å². The van der Waals surface area contributed by atoms with Crippen molar-refractivity contribution in [3.05, 3.63) is 94.5 Å². The number of carbonyl (C=O) groups is 1. The topological polar surface area (TPSA) is 72.5 Å². The van der Waals surface area contributed by atoms with E-state index in [1.165, 1.54) is 25.3 Å². The van der Waals surface area contributed by atoms with Crippen LogP contribution in [0.25, 0.3) is 21.9 Å². The fourth-order valence-corrected chi connectivity index (χ4v) is 5.62. The number of halogens is 4. The number of alkyl halides is 3.